The van der Waals surface area contributed by atoms with Crippen LogP contribution in [0, 0.1) is 11.8 Å². The Labute approximate surface area is 151 Å². The van der Waals surface area contributed by atoms with Crippen LogP contribution in [-0.2, 0) is 6.18 Å². The maximum atomic E-state index is 13.2. The smallest absolute Gasteiger partial charge is 0.362 e. The van der Waals surface area contributed by atoms with Crippen molar-refractivity contribution in [3.05, 3.63) is 11.8 Å². The summed E-state index contributed by atoms with van der Waals surface area (Å²) in [5, 5.41) is 5.78. The van der Waals surface area contributed by atoms with Crippen LogP contribution in [0.25, 0.3) is 0 Å². The van der Waals surface area contributed by atoms with Crippen molar-refractivity contribution in [1.29, 1.82) is 0 Å². The highest BCUT2D eigenvalue weighted by atomic mass is 32.1. The Hall–Kier alpha value is -1.64. The molecular weight excluding hydrogens is 351 g/mol. The summed E-state index contributed by atoms with van der Waals surface area (Å²) in [6, 6.07) is 1.01. The van der Waals surface area contributed by atoms with Gasteiger partial charge in [-0.3, -0.25) is 0 Å². The average Bonchev–Trinajstić information content (AvgIpc) is 2.51. The van der Waals surface area contributed by atoms with Gasteiger partial charge < -0.3 is 15.5 Å². The van der Waals surface area contributed by atoms with Crippen molar-refractivity contribution in [2.24, 2.45) is 11.8 Å². The molecule has 0 bridgehead atoms. The van der Waals surface area contributed by atoms with Gasteiger partial charge in [-0.05, 0) is 36.9 Å². The molecule has 0 amide bonds. The predicted molar refractivity (Wildman–Crippen MR) is 96.7 cm³/mol. The second-order valence-corrected chi connectivity index (χ2v) is 7.07. The van der Waals surface area contributed by atoms with Gasteiger partial charge in [0.05, 0.1) is 0 Å². The van der Waals surface area contributed by atoms with Gasteiger partial charge in [-0.25, -0.2) is 4.98 Å². The van der Waals surface area contributed by atoms with E-state index in [4.69, 9.17) is 12.2 Å². The number of alkyl halides is 3. The van der Waals surface area contributed by atoms with Gasteiger partial charge in [-0.1, -0.05) is 20.8 Å². The molecule has 2 heterocycles. The van der Waals surface area contributed by atoms with Crippen LogP contribution in [0.15, 0.2) is 6.07 Å². The fourth-order valence-corrected chi connectivity index (χ4v) is 3.23. The minimum absolute atomic E-state index is 0.135. The Morgan fingerprint density at radius 2 is 1.92 bits per heavy atom. The Morgan fingerprint density at radius 1 is 1.28 bits per heavy atom. The van der Waals surface area contributed by atoms with Crippen LogP contribution in [0.2, 0.25) is 0 Å². The van der Waals surface area contributed by atoms with Crippen LogP contribution in [0.5, 0.6) is 0 Å². The summed E-state index contributed by atoms with van der Waals surface area (Å²) in [4.78, 5) is 9.74. The zero-order valence-electron chi connectivity index (χ0n) is 14.7. The summed E-state index contributed by atoms with van der Waals surface area (Å²) in [6.07, 6.45) is -2.64. The first kappa shape index (κ1) is 19.7. The van der Waals surface area contributed by atoms with Crippen molar-refractivity contribution < 1.29 is 13.2 Å². The Balaban J connectivity index is 2.29. The summed E-state index contributed by atoms with van der Waals surface area (Å²) in [7, 11) is 0. The van der Waals surface area contributed by atoms with E-state index in [2.05, 4.69) is 34.4 Å². The molecular formula is C16H24F3N5S. The van der Waals surface area contributed by atoms with Gasteiger partial charge in [-0.15, -0.1) is 0 Å². The molecule has 9 heteroatoms. The molecule has 1 aromatic rings. The third-order valence-electron chi connectivity index (χ3n) is 3.96. The number of aromatic nitrogens is 2. The number of hydrogen-bond acceptors (Lipinski definition) is 4. The highest BCUT2D eigenvalue weighted by Crippen LogP contribution is 2.32. The Kier molecular flexibility index (Phi) is 6.42. The van der Waals surface area contributed by atoms with Gasteiger partial charge in [0.25, 0.3) is 0 Å². The highest BCUT2D eigenvalue weighted by molar-refractivity contribution is 7.80. The number of anilines is 2. The van der Waals surface area contributed by atoms with E-state index in [-0.39, 0.29) is 16.9 Å². The van der Waals surface area contributed by atoms with Crippen LogP contribution in [0.3, 0.4) is 0 Å². The molecule has 2 atom stereocenters. The summed E-state index contributed by atoms with van der Waals surface area (Å²) in [6.45, 7) is 8.13. The molecule has 1 aliphatic heterocycles. The van der Waals surface area contributed by atoms with Gasteiger partial charge >= 0.3 is 6.18 Å². The molecule has 5 nitrogen and oxygen atoms in total. The lowest BCUT2D eigenvalue weighted by molar-refractivity contribution is -0.141. The van der Waals surface area contributed by atoms with Crippen LogP contribution in [-0.4, -0.2) is 34.7 Å². The first-order valence-electron chi connectivity index (χ1n) is 8.45. The number of rotatable bonds is 4. The summed E-state index contributed by atoms with van der Waals surface area (Å²) >= 11 is 5.08. The number of nitrogens with zero attached hydrogens (tertiary/aromatic N) is 3. The van der Waals surface area contributed by atoms with Crippen molar-refractivity contribution in [2.45, 2.75) is 39.8 Å². The summed E-state index contributed by atoms with van der Waals surface area (Å²) < 4.78 is 39.7. The van der Waals surface area contributed by atoms with E-state index >= 15 is 0 Å². The van der Waals surface area contributed by atoms with Gasteiger partial charge in [0, 0.05) is 25.7 Å². The van der Waals surface area contributed by atoms with E-state index in [1.807, 2.05) is 11.8 Å². The summed E-state index contributed by atoms with van der Waals surface area (Å²) in [5.41, 5.74) is -0.968. The van der Waals surface area contributed by atoms with Gasteiger partial charge in [-0.2, -0.15) is 18.2 Å². The van der Waals surface area contributed by atoms with E-state index in [1.165, 1.54) is 0 Å². The molecule has 0 radical (unpaired) electrons. The van der Waals surface area contributed by atoms with Crippen molar-refractivity contribution >= 4 is 29.1 Å². The number of thiocarbonyl (C=S) groups is 1. The zero-order chi connectivity index (χ0) is 18.6. The molecule has 0 unspecified atom stereocenters. The molecule has 0 spiro atoms. The maximum absolute atomic E-state index is 13.2. The molecule has 2 N–H and O–H groups in total. The lowest BCUT2D eigenvalue weighted by Gasteiger charge is -2.36. The number of halogens is 3. The first-order chi connectivity index (χ1) is 11.7. The molecule has 0 aromatic carbocycles. The second-order valence-electron chi connectivity index (χ2n) is 6.66. The van der Waals surface area contributed by atoms with Crippen LogP contribution < -0.4 is 15.5 Å². The fraction of sp³-hybridized carbons (Fsp3) is 0.688. The molecule has 25 heavy (non-hydrogen) atoms. The molecule has 1 fully saturated rings. The zero-order valence-corrected chi connectivity index (χ0v) is 15.5. The monoisotopic (exact) mass is 375 g/mol. The normalized spacial score (nSPS) is 21.1. The van der Waals surface area contributed by atoms with Crippen molar-refractivity contribution in [3.8, 4) is 0 Å². The fourth-order valence-electron chi connectivity index (χ4n) is 3.03. The van der Waals surface area contributed by atoms with Gasteiger partial charge in [0.15, 0.2) is 10.8 Å². The molecule has 1 saturated heterocycles. The Bertz CT molecular complexity index is 598. The SMILES string of the molecule is CCCNC(=S)Nc1nc(N2C[C@H](C)C[C@H](C)C2)cc(C(F)(F)F)n1. The van der Waals surface area contributed by atoms with E-state index < -0.39 is 11.9 Å². The third-order valence-corrected chi connectivity index (χ3v) is 4.20. The largest absolute Gasteiger partial charge is 0.433 e. The van der Waals surface area contributed by atoms with Gasteiger partial charge in [0.1, 0.15) is 5.82 Å². The van der Waals surface area contributed by atoms with Crippen LogP contribution >= 0.6 is 12.2 Å². The number of hydrogen-bond donors (Lipinski definition) is 2. The van der Waals surface area contributed by atoms with Crippen molar-refractivity contribution in [2.75, 3.05) is 29.9 Å². The topological polar surface area (TPSA) is 53.1 Å². The van der Waals surface area contributed by atoms with E-state index in [9.17, 15) is 13.2 Å². The maximum Gasteiger partial charge on any atom is 0.433 e. The molecule has 0 aliphatic carbocycles. The van der Waals surface area contributed by atoms with E-state index in [1.54, 1.807) is 0 Å². The third kappa shape index (κ3) is 5.69. The average molecular weight is 375 g/mol. The van der Waals surface area contributed by atoms with Gasteiger partial charge in [0.2, 0.25) is 5.95 Å². The minimum atomic E-state index is -4.54. The molecule has 1 aromatic heterocycles. The molecule has 0 saturated carbocycles. The number of nitrogens with one attached hydrogen (secondary N) is 2. The first-order valence-corrected chi connectivity index (χ1v) is 8.86. The predicted octanol–water partition coefficient (Wildman–Crippen LogP) is 3.67. The minimum Gasteiger partial charge on any atom is -0.362 e. The standard InChI is InChI=1S/C16H24F3N5S/c1-4-5-20-15(25)23-14-21-12(16(17,18)19)7-13(22-14)24-8-10(2)6-11(3)9-24/h7,10-11H,4-6,8-9H2,1-3H3,(H2,20,21,22,23,25)/t10-,11+. The van der Waals surface area contributed by atoms with Crippen LogP contribution in [0.1, 0.15) is 39.3 Å². The molecule has 2 rings (SSSR count). The van der Waals surface area contributed by atoms with E-state index in [0.29, 0.717) is 31.5 Å². The van der Waals surface area contributed by atoms with Crippen LogP contribution in [0.4, 0.5) is 24.9 Å². The van der Waals surface area contributed by atoms with Crippen molar-refractivity contribution in [1.82, 2.24) is 15.3 Å². The molecule has 1 aliphatic rings. The highest BCUT2D eigenvalue weighted by Gasteiger charge is 2.35. The Morgan fingerprint density at radius 3 is 2.48 bits per heavy atom. The molecule has 140 valence electrons. The quantitative estimate of drug-likeness (QED) is 0.783. The number of piperidine rings is 1. The lowest BCUT2D eigenvalue weighted by Crippen LogP contribution is -2.39. The second kappa shape index (κ2) is 8.16. The lowest BCUT2D eigenvalue weighted by atomic mass is 9.92. The van der Waals surface area contributed by atoms with Crippen molar-refractivity contribution in [3.63, 3.8) is 0 Å². The summed E-state index contributed by atoms with van der Waals surface area (Å²) in [5.74, 6) is 0.944. The van der Waals surface area contributed by atoms with E-state index in [0.717, 1.165) is 18.9 Å².